The second-order valence-electron chi connectivity index (χ2n) is 9.08. The van der Waals surface area contributed by atoms with Crippen LogP contribution in [0.15, 0.2) is 48.5 Å². The third kappa shape index (κ3) is 7.34. The van der Waals surface area contributed by atoms with Crippen molar-refractivity contribution in [1.82, 2.24) is 5.43 Å². The van der Waals surface area contributed by atoms with Gasteiger partial charge in [0.2, 0.25) is 5.91 Å². The number of carbonyl (C=O) groups excluding carboxylic acids is 1. The van der Waals surface area contributed by atoms with Gasteiger partial charge in [-0.25, -0.2) is 0 Å². The number of nitrogens with two attached hydrogens (primary N) is 1. The van der Waals surface area contributed by atoms with Crippen molar-refractivity contribution in [1.29, 1.82) is 0 Å². The Morgan fingerprint density at radius 2 is 1.65 bits per heavy atom. The summed E-state index contributed by atoms with van der Waals surface area (Å²) in [5, 5.41) is 2.99. The van der Waals surface area contributed by atoms with Crippen LogP contribution >= 0.6 is 0 Å². The van der Waals surface area contributed by atoms with Gasteiger partial charge in [-0.1, -0.05) is 58.0 Å². The number of carbonyl (C=O) groups is 1. The maximum atomic E-state index is 13.0. The minimum atomic E-state index is -3.66. The molecule has 0 heterocycles. The van der Waals surface area contributed by atoms with Gasteiger partial charge in [-0.3, -0.25) is 16.1 Å². The molecule has 170 valence electrons. The maximum Gasteiger partial charge on any atom is 0.306 e. The normalized spacial score (nSPS) is 12.5. The number of rotatable bonds is 10. The molecule has 0 atom stereocenters. The fraction of sp³-hybridized carbons (Fsp3) is 0.435. The Balaban J connectivity index is 2.16. The van der Waals surface area contributed by atoms with Gasteiger partial charge >= 0.3 is 10.1 Å². The van der Waals surface area contributed by atoms with E-state index < -0.39 is 20.9 Å². The Hall–Kier alpha value is -2.42. The molecular weight excluding hydrogens is 414 g/mol. The molecule has 0 spiro atoms. The molecule has 0 aliphatic rings. The monoisotopic (exact) mass is 447 g/mol. The molecule has 31 heavy (non-hydrogen) atoms. The molecule has 1 amide bonds. The lowest BCUT2D eigenvalue weighted by atomic mass is 9.70. The van der Waals surface area contributed by atoms with E-state index in [1.807, 2.05) is 64.1 Å². The number of amides is 1. The number of nitrogens with one attached hydrogen (secondary N) is 2. The van der Waals surface area contributed by atoms with E-state index in [0.717, 1.165) is 29.5 Å². The number of hydrazine groups is 1. The van der Waals surface area contributed by atoms with Crippen LogP contribution in [0.5, 0.6) is 5.75 Å². The fourth-order valence-corrected chi connectivity index (χ4v) is 4.28. The number of anilines is 1. The molecule has 4 N–H and O–H groups in total. The first-order chi connectivity index (χ1) is 14.3. The lowest BCUT2D eigenvalue weighted by Crippen LogP contribution is -2.37. The topological polar surface area (TPSA) is 111 Å². The predicted octanol–water partition coefficient (Wildman–Crippen LogP) is 3.36. The lowest BCUT2D eigenvalue weighted by Gasteiger charge is -2.35. The minimum Gasteiger partial charge on any atom is -0.382 e. The smallest absolute Gasteiger partial charge is 0.306 e. The second-order valence-corrected chi connectivity index (χ2v) is 10.7. The molecule has 0 bridgehead atoms. The van der Waals surface area contributed by atoms with E-state index in [2.05, 4.69) is 10.7 Å². The van der Waals surface area contributed by atoms with E-state index in [0.29, 0.717) is 13.0 Å². The average Bonchev–Trinajstić information content (AvgIpc) is 2.65. The SMILES string of the molecule is CC(C)(CC(C)(C)c1ccccc1OS(C)(=O)=O)C(=O)Nc1ccc(CCNN)cc1. The number of para-hydroxylation sites is 1. The summed E-state index contributed by atoms with van der Waals surface area (Å²) >= 11 is 0. The first kappa shape index (κ1) is 24.8. The number of benzene rings is 2. The lowest BCUT2D eigenvalue weighted by molar-refractivity contribution is -0.125. The van der Waals surface area contributed by atoms with Gasteiger partial charge in [-0.15, -0.1) is 0 Å². The van der Waals surface area contributed by atoms with Gasteiger partial charge < -0.3 is 9.50 Å². The molecule has 2 rings (SSSR count). The highest BCUT2D eigenvalue weighted by Crippen LogP contribution is 2.41. The fourth-order valence-electron chi connectivity index (χ4n) is 3.81. The van der Waals surface area contributed by atoms with Crippen LogP contribution in [-0.4, -0.2) is 27.1 Å². The minimum absolute atomic E-state index is 0.113. The summed E-state index contributed by atoms with van der Waals surface area (Å²) in [4.78, 5) is 13.0. The van der Waals surface area contributed by atoms with Crippen LogP contribution in [0, 0.1) is 5.41 Å². The van der Waals surface area contributed by atoms with Crippen molar-refractivity contribution >= 4 is 21.7 Å². The summed E-state index contributed by atoms with van der Waals surface area (Å²) in [6.07, 6.45) is 2.31. The molecular formula is C23H33N3O4S. The largest absolute Gasteiger partial charge is 0.382 e. The Labute approximate surface area is 185 Å². The summed E-state index contributed by atoms with van der Waals surface area (Å²) in [6, 6.07) is 14.7. The first-order valence-corrected chi connectivity index (χ1v) is 12.0. The van der Waals surface area contributed by atoms with Crippen LogP contribution in [0.3, 0.4) is 0 Å². The van der Waals surface area contributed by atoms with Crippen LogP contribution in [0.4, 0.5) is 5.69 Å². The van der Waals surface area contributed by atoms with Gasteiger partial charge in [0, 0.05) is 23.2 Å². The Kier molecular flexibility index (Phi) is 7.86. The zero-order valence-electron chi connectivity index (χ0n) is 18.9. The summed E-state index contributed by atoms with van der Waals surface area (Å²) < 4.78 is 28.5. The second kappa shape index (κ2) is 9.80. The van der Waals surface area contributed by atoms with Crippen molar-refractivity contribution in [3.05, 3.63) is 59.7 Å². The summed E-state index contributed by atoms with van der Waals surface area (Å²) in [5.41, 5.74) is 3.97. The van der Waals surface area contributed by atoms with Gasteiger partial charge in [0.05, 0.1) is 6.26 Å². The van der Waals surface area contributed by atoms with Crippen LogP contribution in [0.2, 0.25) is 0 Å². The van der Waals surface area contributed by atoms with Crippen LogP contribution in [0.25, 0.3) is 0 Å². The van der Waals surface area contributed by atoms with Gasteiger partial charge in [-0.05, 0) is 42.0 Å². The molecule has 0 aliphatic heterocycles. The van der Waals surface area contributed by atoms with Crippen molar-refractivity contribution in [3.63, 3.8) is 0 Å². The van der Waals surface area contributed by atoms with Crippen molar-refractivity contribution in [2.75, 3.05) is 18.1 Å². The third-order valence-electron chi connectivity index (χ3n) is 5.13. The van der Waals surface area contributed by atoms with E-state index in [1.165, 1.54) is 0 Å². The molecule has 0 unspecified atom stereocenters. The zero-order chi connectivity index (χ0) is 23.3. The van der Waals surface area contributed by atoms with Gasteiger partial charge in [0.1, 0.15) is 5.75 Å². The van der Waals surface area contributed by atoms with Crippen molar-refractivity contribution in [3.8, 4) is 5.75 Å². The van der Waals surface area contributed by atoms with Crippen LogP contribution in [-0.2, 0) is 26.7 Å². The number of hydrogen-bond donors (Lipinski definition) is 3. The molecule has 0 fully saturated rings. The molecule has 8 heteroatoms. The van der Waals surface area contributed by atoms with E-state index in [1.54, 1.807) is 12.1 Å². The highest BCUT2D eigenvalue weighted by Gasteiger charge is 2.37. The van der Waals surface area contributed by atoms with Gasteiger partial charge in [-0.2, -0.15) is 8.42 Å². The molecule has 0 aromatic heterocycles. The Morgan fingerprint density at radius 1 is 1.03 bits per heavy atom. The molecule has 0 radical (unpaired) electrons. The van der Waals surface area contributed by atoms with Gasteiger partial charge in [0.15, 0.2) is 0 Å². The molecule has 0 saturated carbocycles. The maximum absolute atomic E-state index is 13.0. The summed E-state index contributed by atoms with van der Waals surface area (Å²) in [7, 11) is -3.66. The quantitative estimate of drug-likeness (QED) is 0.293. The molecule has 0 saturated heterocycles. The first-order valence-electron chi connectivity index (χ1n) is 10.2. The summed E-state index contributed by atoms with van der Waals surface area (Å²) in [6.45, 7) is 8.40. The van der Waals surface area contributed by atoms with E-state index in [-0.39, 0.29) is 11.7 Å². The highest BCUT2D eigenvalue weighted by molar-refractivity contribution is 7.86. The molecule has 7 nitrogen and oxygen atoms in total. The van der Waals surface area contributed by atoms with Crippen molar-refractivity contribution in [2.24, 2.45) is 11.3 Å². The van der Waals surface area contributed by atoms with E-state index in [4.69, 9.17) is 10.0 Å². The highest BCUT2D eigenvalue weighted by atomic mass is 32.2. The van der Waals surface area contributed by atoms with E-state index in [9.17, 15) is 13.2 Å². The van der Waals surface area contributed by atoms with Crippen LogP contribution < -0.4 is 20.8 Å². The standard InChI is InChI=1S/C23H33N3O4S/c1-22(2,19-8-6-7-9-20(19)30-31(5,28)29)16-23(3,4)21(27)26-18-12-10-17(11-13-18)14-15-25-24/h6-13,25H,14-16,24H2,1-5H3,(H,26,27). The molecule has 2 aromatic rings. The molecule has 2 aromatic carbocycles. The molecule has 0 aliphatic carbocycles. The number of hydrogen-bond acceptors (Lipinski definition) is 6. The average molecular weight is 448 g/mol. The van der Waals surface area contributed by atoms with E-state index >= 15 is 0 Å². The van der Waals surface area contributed by atoms with Crippen molar-refractivity contribution < 1.29 is 17.4 Å². The van der Waals surface area contributed by atoms with Crippen LogP contribution in [0.1, 0.15) is 45.2 Å². The zero-order valence-corrected chi connectivity index (χ0v) is 19.7. The van der Waals surface area contributed by atoms with Gasteiger partial charge in [0.25, 0.3) is 0 Å². The third-order valence-corrected chi connectivity index (χ3v) is 5.61. The predicted molar refractivity (Wildman–Crippen MR) is 124 cm³/mol. The Morgan fingerprint density at radius 3 is 2.23 bits per heavy atom. The van der Waals surface area contributed by atoms with Crippen molar-refractivity contribution in [2.45, 2.75) is 46.0 Å². The Bertz CT molecular complexity index is 1000. The summed E-state index contributed by atoms with van der Waals surface area (Å²) in [5.74, 6) is 5.48.